The number of carbonyl (C=O) groups is 1. The average Bonchev–Trinajstić information content (AvgIpc) is 3.33. The molecule has 0 aromatic heterocycles. The van der Waals surface area contributed by atoms with Crippen LogP contribution in [-0.4, -0.2) is 36.7 Å². The Hall–Kier alpha value is -2.15. The molecule has 0 amide bonds. The summed E-state index contributed by atoms with van der Waals surface area (Å²) in [6.07, 6.45) is 4.29. The Morgan fingerprint density at radius 1 is 1.28 bits per heavy atom. The highest BCUT2D eigenvalue weighted by atomic mass is 79.9. The number of allylic oxidation sites excluding steroid dienone is 1. The summed E-state index contributed by atoms with van der Waals surface area (Å²) < 4.78 is 18.7. The number of carbonyl (C=O) groups excluding carboxylic acids is 1. The lowest BCUT2D eigenvalue weighted by atomic mass is 10.00. The van der Waals surface area contributed by atoms with Crippen LogP contribution < -0.4 is 9.47 Å². The van der Waals surface area contributed by atoms with E-state index in [1.807, 2.05) is 37.3 Å². The second-order valence-electron chi connectivity index (χ2n) is 7.75. The molecule has 0 bridgehead atoms. The maximum absolute atomic E-state index is 13.0. The van der Waals surface area contributed by atoms with E-state index < -0.39 is 0 Å². The van der Waals surface area contributed by atoms with E-state index in [0.29, 0.717) is 23.8 Å². The summed E-state index contributed by atoms with van der Waals surface area (Å²) in [4.78, 5) is 15.3. The Morgan fingerprint density at radius 2 is 2.14 bits per heavy atom. The third kappa shape index (κ3) is 3.50. The highest BCUT2D eigenvalue weighted by Crippen LogP contribution is 2.43. The van der Waals surface area contributed by atoms with E-state index in [1.165, 1.54) is 0 Å². The molecule has 1 fully saturated rings. The Labute approximate surface area is 178 Å². The van der Waals surface area contributed by atoms with Crippen LogP contribution in [0.4, 0.5) is 0 Å². The molecule has 150 valence electrons. The van der Waals surface area contributed by atoms with Crippen LogP contribution in [0.15, 0.2) is 40.6 Å². The van der Waals surface area contributed by atoms with Crippen LogP contribution in [0.5, 0.6) is 11.5 Å². The molecule has 6 heteroatoms. The van der Waals surface area contributed by atoms with Gasteiger partial charge in [-0.05, 0) is 43.5 Å². The Balaban J connectivity index is 1.43. The number of fused-ring (bicyclic) bond motifs is 2. The van der Waals surface area contributed by atoms with Crippen molar-refractivity contribution >= 4 is 27.8 Å². The normalized spacial score (nSPS) is 22.3. The molecule has 29 heavy (non-hydrogen) atoms. The van der Waals surface area contributed by atoms with Crippen molar-refractivity contribution in [1.82, 2.24) is 4.90 Å². The number of ketones is 1. The molecule has 1 atom stereocenters. The lowest BCUT2D eigenvalue weighted by Gasteiger charge is -2.31. The van der Waals surface area contributed by atoms with Crippen LogP contribution in [0.2, 0.25) is 0 Å². The molecule has 0 aliphatic carbocycles. The van der Waals surface area contributed by atoms with Gasteiger partial charge in [-0.25, -0.2) is 0 Å². The molecular weight excluding hydrogens is 434 g/mol. The van der Waals surface area contributed by atoms with Gasteiger partial charge in [0, 0.05) is 35.3 Å². The molecule has 1 saturated heterocycles. The predicted octanol–water partition coefficient (Wildman–Crippen LogP) is 4.70. The molecule has 2 aromatic carbocycles. The van der Waals surface area contributed by atoms with Crippen LogP contribution in [-0.2, 0) is 11.3 Å². The molecule has 5 nitrogen and oxygen atoms in total. The zero-order valence-corrected chi connectivity index (χ0v) is 17.8. The summed E-state index contributed by atoms with van der Waals surface area (Å²) >= 11 is 3.52. The summed E-state index contributed by atoms with van der Waals surface area (Å²) in [5, 5.41) is 0. The molecule has 3 aliphatic rings. The first kappa shape index (κ1) is 18.9. The van der Waals surface area contributed by atoms with Crippen LogP contribution in [0, 0.1) is 6.92 Å². The second kappa shape index (κ2) is 7.59. The largest absolute Gasteiger partial charge is 0.477 e. The topological polar surface area (TPSA) is 48.0 Å². The summed E-state index contributed by atoms with van der Waals surface area (Å²) in [7, 11) is 0. The van der Waals surface area contributed by atoms with Gasteiger partial charge < -0.3 is 14.2 Å². The van der Waals surface area contributed by atoms with E-state index in [9.17, 15) is 4.79 Å². The number of benzene rings is 2. The van der Waals surface area contributed by atoms with Gasteiger partial charge >= 0.3 is 0 Å². The Bertz CT molecular complexity index is 1010. The first-order valence-electron chi connectivity index (χ1n) is 9.92. The van der Waals surface area contributed by atoms with Gasteiger partial charge in [0.2, 0.25) is 5.78 Å². The molecule has 0 N–H and O–H groups in total. The van der Waals surface area contributed by atoms with Crippen molar-refractivity contribution in [2.45, 2.75) is 32.4 Å². The quantitative estimate of drug-likeness (QED) is 0.627. The smallest absolute Gasteiger partial charge is 0.231 e. The van der Waals surface area contributed by atoms with Gasteiger partial charge in [-0.15, -0.1) is 0 Å². The molecule has 2 aromatic rings. The van der Waals surface area contributed by atoms with Crippen molar-refractivity contribution in [2.75, 3.05) is 19.9 Å². The van der Waals surface area contributed by atoms with Gasteiger partial charge in [-0.2, -0.15) is 0 Å². The summed E-state index contributed by atoms with van der Waals surface area (Å²) in [5.74, 6) is 1.70. The lowest BCUT2D eigenvalue weighted by Crippen LogP contribution is -2.37. The van der Waals surface area contributed by atoms with Gasteiger partial charge in [0.05, 0.1) is 11.7 Å². The van der Waals surface area contributed by atoms with Crippen molar-refractivity contribution in [2.24, 2.45) is 0 Å². The first-order valence-corrected chi connectivity index (χ1v) is 10.7. The highest BCUT2D eigenvalue weighted by Gasteiger charge is 2.34. The second-order valence-corrected chi connectivity index (χ2v) is 8.60. The molecule has 3 heterocycles. The number of halogens is 1. The van der Waals surface area contributed by atoms with E-state index in [0.717, 1.165) is 59.5 Å². The number of nitrogens with zero attached hydrogens (tertiary/aromatic N) is 1. The zero-order valence-electron chi connectivity index (χ0n) is 16.2. The maximum Gasteiger partial charge on any atom is 0.231 e. The third-order valence-electron chi connectivity index (χ3n) is 5.68. The molecule has 0 radical (unpaired) electrons. The molecule has 5 rings (SSSR count). The average molecular weight is 456 g/mol. The predicted molar refractivity (Wildman–Crippen MR) is 113 cm³/mol. The summed E-state index contributed by atoms with van der Waals surface area (Å²) in [6.45, 7) is 4.94. The number of hydrogen-bond donors (Lipinski definition) is 0. The van der Waals surface area contributed by atoms with Gasteiger partial charge in [0.1, 0.15) is 18.2 Å². The standard InChI is InChI=1S/C23H22BrNO4/c1-14-22-16(11-25(13-28-22)12-17-6-4-8-27-17)9-18-21(26)20(29-23(14)18)10-15-5-2-3-7-19(15)24/h2-3,5,7,9-10,17H,4,6,8,11-13H2,1H3/b20-10-. The monoisotopic (exact) mass is 455 g/mol. The Morgan fingerprint density at radius 3 is 2.93 bits per heavy atom. The van der Waals surface area contributed by atoms with Gasteiger partial charge in [-0.3, -0.25) is 9.69 Å². The number of hydrogen-bond acceptors (Lipinski definition) is 5. The fraction of sp³-hybridized carbons (Fsp3) is 0.348. The van der Waals surface area contributed by atoms with Crippen LogP contribution in [0.1, 0.15) is 39.9 Å². The van der Waals surface area contributed by atoms with Gasteiger partial charge in [-0.1, -0.05) is 34.1 Å². The Kier molecular flexibility index (Phi) is 4.94. The minimum Gasteiger partial charge on any atom is -0.477 e. The van der Waals surface area contributed by atoms with E-state index in [4.69, 9.17) is 14.2 Å². The molecule has 0 saturated carbocycles. The van der Waals surface area contributed by atoms with E-state index in [2.05, 4.69) is 20.8 Å². The zero-order chi connectivity index (χ0) is 20.0. The van der Waals surface area contributed by atoms with E-state index >= 15 is 0 Å². The number of Topliss-reactive ketones (excluding diaryl/α,β-unsaturated/α-hetero) is 1. The number of ether oxygens (including phenoxy) is 3. The van der Waals surface area contributed by atoms with Crippen LogP contribution >= 0.6 is 15.9 Å². The van der Waals surface area contributed by atoms with E-state index in [1.54, 1.807) is 6.08 Å². The SMILES string of the molecule is Cc1c2c(cc3c1O/C(=C\c1ccccc1Br)C3=O)CN(CC1CCCO1)CO2. The molecule has 1 unspecified atom stereocenters. The molecule has 0 spiro atoms. The van der Waals surface area contributed by atoms with Crippen LogP contribution in [0.25, 0.3) is 6.08 Å². The van der Waals surface area contributed by atoms with Gasteiger partial charge in [0.25, 0.3) is 0 Å². The fourth-order valence-electron chi connectivity index (χ4n) is 4.22. The fourth-order valence-corrected chi connectivity index (χ4v) is 4.62. The number of rotatable bonds is 3. The van der Waals surface area contributed by atoms with Crippen molar-refractivity contribution in [3.8, 4) is 11.5 Å². The van der Waals surface area contributed by atoms with Crippen molar-refractivity contribution in [1.29, 1.82) is 0 Å². The van der Waals surface area contributed by atoms with Gasteiger partial charge in [0.15, 0.2) is 5.76 Å². The minimum atomic E-state index is -0.0853. The molecule has 3 aliphatic heterocycles. The molecular formula is C23H22BrNO4. The third-order valence-corrected chi connectivity index (χ3v) is 6.40. The maximum atomic E-state index is 13.0. The van der Waals surface area contributed by atoms with Crippen molar-refractivity contribution < 1.29 is 19.0 Å². The minimum absolute atomic E-state index is 0.0853. The van der Waals surface area contributed by atoms with E-state index in [-0.39, 0.29) is 11.9 Å². The van der Waals surface area contributed by atoms with Crippen LogP contribution in [0.3, 0.4) is 0 Å². The van der Waals surface area contributed by atoms with Crippen molar-refractivity contribution in [3.63, 3.8) is 0 Å². The highest BCUT2D eigenvalue weighted by molar-refractivity contribution is 9.10. The first-order chi connectivity index (χ1) is 14.1. The summed E-state index contributed by atoms with van der Waals surface area (Å²) in [5.41, 5.74) is 3.44. The van der Waals surface area contributed by atoms with Crippen molar-refractivity contribution in [3.05, 3.63) is 62.8 Å². The summed E-state index contributed by atoms with van der Waals surface area (Å²) in [6, 6.07) is 9.70. The lowest BCUT2D eigenvalue weighted by molar-refractivity contribution is 0.0276.